The highest BCUT2D eigenvalue weighted by Gasteiger charge is 2.12. The van der Waals surface area contributed by atoms with Crippen LogP contribution in [0.15, 0.2) is 23.2 Å². The average molecular weight is 295 g/mol. The number of nitrogens with zero attached hydrogens (tertiary/aromatic N) is 1. The molecule has 0 bridgehead atoms. The maximum Gasteiger partial charge on any atom is 0.310 e. The molecular weight excluding hydrogens is 274 g/mol. The van der Waals surface area contributed by atoms with Crippen molar-refractivity contribution < 1.29 is 19.0 Å². The maximum absolute atomic E-state index is 11.3. The van der Waals surface area contributed by atoms with Crippen LogP contribution in [0.2, 0.25) is 0 Å². The van der Waals surface area contributed by atoms with Crippen LogP contribution < -0.4 is 20.5 Å². The van der Waals surface area contributed by atoms with Gasteiger partial charge in [0, 0.05) is 11.8 Å². The molecule has 0 spiro atoms. The van der Waals surface area contributed by atoms with Crippen LogP contribution in [0.5, 0.6) is 11.5 Å². The molecule has 1 atom stereocenters. The number of anilines is 1. The van der Waals surface area contributed by atoms with Crippen molar-refractivity contribution in [1.29, 1.82) is 0 Å². The lowest BCUT2D eigenvalue weighted by Gasteiger charge is -2.11. The minimum Gasteiger partial charge on any atom is -0.493 e. The molecule has 0 aromatic heterocycles. The number of rotatable bonds is 6. The van der Waals surface area contributed by atoms with Crippen LogP contribution in [0.1, 0.15) is 6.92 Å². The molecule has 0 fully saturated rings. The fraction of sp³-hybridized carbons (Fsp3) is 0.429. The van der Waals surface area contributed by atoms with Gasteiger partial charge in [-0.2, -0.15) is 0 Å². The number of aliphatic imine (C=N–C) groups is 1. The van der Waals surface area contributed by atoms with E-state index in [-0.39, 0.29) is 24.4 Å². The number of nitrogens with two attached hydrogens (primary N) is 1. The molecule has 116 valence electrons. The van der Waals surface area contributed by atoms with Gasteiger partial charge in [0.15, 0.2) is 17.5 Å². The van der Waals surface area contributed by atoms with E-state index in [4.69, 9.17) is 15.2 Å². The van der Waals surface area contributed by atoms with Gasteiger partial charge in [0.1, 0.15) is 0 Å². The van der Waals surface area contributed by atoms with E-state index in [9.17, 15) is 4.79 Å². The van der Waals surface area contributed by atoms with E-state index in [0.717, 1.165) is 0 Å². The Hall–Kier alpha value is -2.44. The zero-order valence-corrected chi connectivity index (χ0v) is 12.7. The number of guanidine groups is 1. The first-order valence-electron chi connectivity index (χ1n) is 6.38. The highest BCUT2D eigenvalue weighted by molar-refractivity contribution is 5.92. The van der Waals surface area contributed by atoms with E-state index >= 15 is 0 Å². The molecule has 0 aliphatic carbocycles. The van der Waals surface area contributed by atoms with Crippen LogP contribution in [0, 0.1) is 5.92 Å². The summed E-state index contributed by atoms with van der Waals surface area (Å²) in [7, 11) is 4.46. The van der Waals surface area contributed by atoms with E-state index in [1.807, 2.05) is 0 Å². The van der Waals surface area contributed by atoms with Gasteiger partial charge in [-0.05, 0) is 12.1 Å². The molecule has 1 unspecified atom stereocenters. The molecule has 21 heavy (non-hydrogen) atoms. The van der Waals surface area contributed by atoms with Gasteiger partial charge in [0.25, 0.3) is 0 Å². The first kappa shape index (κ1) is 16.6. The van der Waals surface area contributed by atoms with E-state index < -0.39 is 0 Å². The molecule has 0 aliphatic heterocycles. The van der Waals surface area contributed by atoms with E-state index in [1.165, 1.54) is 7.11 Å². The SMILES string of the molecule is COC(=O)C(C)CN=C(N)Nc1ccc(OC)c(OC)c1. The Balaban J connectivity index is 2.70. The number of carbonyl (C=O) groups excluding carboxylic acids is 1. The Labute approximate surface area is 124 Å². The highest BCUT2D eigenvalue weighted by Crippen LogP contribution is 2.29. The summed E-state index contributed by atoms with van der Waals surface area (Å²) in [5.41, 5.74) is 6.48. The molecule has 3 N–H and O–H groups in total. The average Bonchev–Trinajstić information content (AvgIpc) is 2.51. The molecular formula is C14H21N3O4. The monoisotopic (exact) mass is 295 g/mol. The zero-order chi connectivity index (χ0) is 15.8. The third kappa shape index (κ3) is 4.87. The van der Waals surface area contributed by atoms with Gasteiger partial charge >= 0.3 is 5.97 Å². The predicted molar refractivity (Wildman–Crippen MR) is 80.8 cm³/mol. The smallest absolute Gasteiger partial charge is 0.310 e. The van der Waals surface area contributed by atoms with Gasteiger partial charge in [0.05, 0.1) is 33.8 Å². The van der Waals surface area contributed by atoms with Crippen molar-refractivity contribution in [3.63, 3.8) is 0 Å². The second-order valence-electron chi connectivity index (χ2n) is 4.34. The van der Waals surface area contributed by atoms with Crippen LogP contribution in [0.25, 0.3) is 0 Å². The summed E-state index contributed by atoms with van der Waals surface area (Å²) in [5, 5.41) is 2.92. The van der Waals surface area contributed by atoms with Gasteiger partial charge in [-0.3, -0.25) is 9.79 Å². The van der Waals surface area contributed by atoms with Gasteiger partial charge < -0.3 is 25.3 Å². The molecule has 0 amide bonds. The fourth-order valence-corrected chi connectivity index (χ4v) is 1.61. The van der Waals surface area contributed by atoms with E-state index in [2.05, 4.69) is 15.0 Å². The summed E-state index contributed by atoms with van der Waals surface area (Å²) in [6.07, 6.45) is 0. The van der Waals surface area contributed by atoms with Crippen molar-refractivity contribution in [3.05, 3.63) is 18.2 Å². The molecule has 0 aliphatic rings. The lowest BCUT2D eigenvalue weighted by molar-refractivity contribution is -0.144. The molecule has 1 rings (SSSR count). The Kier molecular flexibility index (Phi) is 6.32. The quantitative estimate of drug-likeness (QED) is 0.466. The minimum absolute atomic E-state index is 0.206. The number of hydrogen-bond donors (Lipinski definition) is 2. The summed E-state index contributed by atoms with van der Waals surface area (Å²) < 4.78 is 15.0. The second kappa shape index (κ2) is 7.98. The summed E-state index contributed by atoms with van der Waals surface area (Å²) in [4.78, 5) is 15.4. The highest BCUT2D eigenvalue weighted by atomic mass is 16.5. The standard InChI is InChI=1S/C14H21N3O4/c1-9(13(18)21-4)8-16-14(15)17-10-5-6-11(19-2)12(7-10)20-3/h5-7,9H,8H2,1-4H3,(H3,15,16,17). The minimum atomic E-state index is -0.347. The zero-order valence-electron chi connectivity index (χ0n) is 12.7. The van der Waals surface area contributed by atoms with Crippen molar-refractivity contribution in [1.82, 2.24) is 0 Å². The third-order valence-electron chi connectivity index (χ3n) is 2.79. The van der Waals surface area contributed by atoms with Crippen LogP contribution in [0.3, 0.4) is 0 Å². The van der Waals surface area contributed by atoms with Crippen molar-refractivity contribution in [2.24, 2.45) is 16.6 Å². The number of benzene rings is 1. The van der Waals surface area contributed by atoms with Crippen LogP contribution in [-0.4, -0.2) is 39.8 Å². The lowest BCUT2D eigenvalue weighted by Crippen LogP contribution is -2.25. The number of carbonyl (C=O) groups is 1. The van der Waals surface area contributed by atoms with Gasteiger partial charge in [-0.25, -0.2) is 0 Å². The Morgan fingerprint density at radius 2 is 1.95 bits per heavy atom. The summed E-state index contributed by atoms with van der Waals surface area (Å²) in [6.45, 7) is 1.97. The second-order valence-corrected chi connectivity index (χ2v) is 4.34. The number of methoxy groups -OCH3 is 3. The van der Waals surface area contributed by atoms with Crippen molar-refractivity contribution in [3.8, 4) is 11.5 Å². The van der Waals surface area contributed by atoms with Gasteiger partial charge in [-0.15, -0.1) is 0 Å². The van der Waals surface area contributed by atoms with Crippen molar-refractivity contribution in [2.45, 2.75) is 6.92 Å². The molecule has 7 heteroatoms. The fourth-order valence-electron chi connectivity index (χ4n) is 1.61. The lowest BCUT2D eigenvalue weighted by atomic mass is 10.2. The number of ether oxygens (including phenoxy) is 3. The summed E-state index contributed by atoms with van der Waals surface area (Å²) >= 11 is 0. The number of esters is 1. The Bertz CT molecular complexity index is 517. The molecule has 0 saturated heterocycles. The number of hydrogen-bond acceptors (Lipinski definition) is 5. The molecule has 1 aromatic rings. The molecule has 0 heterocycles. The van der Waals surface area contributed by atoms with Gasteiger partial charge in [0.2, 0.25) is 0 Å². The molecule has 0 saturated carbocycles. The van der Waals surface area contributed by atoms with Crippen LogP contribution >= 0.6 is 0 Å². The van der Waals surface area contributed by atoms with E-state index in [1.54, 1.807) is 39.3 Å². The largest absolute Gasteiger partial charge is 0.493 e. The Morgan fingerprint density at radius 3 is 2.52 bits per heavy atom. The molecule has 1 aromatic carbocycles. The Morgan fingerprint density at radius 1 is 1.29 bits per heavy atom. The summed E-state index contributed by atoms with van der Waals surface area (Å²) in [6, 6.07) is 5.28. The number of nitrogens with one attached hydrogen (secondary N) is 1. The van der Waals surface area contributed by atoms with Gasteiger partial charge in [-0.1, -0.05) is 6.92 Å². The predicted octanol–water partition coefficient (Wildman–Crippen LogP) is 1.24. The topological polar surface area (TPSA) is 95.2 Å². The summed E-state index contributed by atoms with van der Waals surface area (Å²) in [5.74, 6) is 0.743. The van der Waals surface area contributed by atoms with Crippen LogP contribution in [-0.2, 0) is 9.53 Å². The van der Waals surface area contributed by atoms with Crippen LogP contribution in [0.4, 0.5) is 5.69 Å². The normalized spacial score (nSPS) is 12.5. The van der Waals surface area contributed by atoms with Crippen molar-refractivity contribution >= 4 is 17.6 Å². The van der Waals surface area contributed by atoms with Crippen molar-refractivity contribution in [2.75, 3.05) is 33.2 Å². The molecule has 0 radical (unpaired) electrons. The third-order valence-corrected chi connectivity index (χ3v) is 2.79. The first-order valence-corrected chi connectivity index (χ1v) is 6.38. The maximum atomic E-state index is 11.3. The van der Waals surface area contributed by atoms with E-state index in [0.29, 0.717) is 17.2 Å². The molecule has 7 nitrogen and oxygen atoms in total. The first-order chi connectivity index (χ1) is 10.0.